The maximum absolute atomic E-state index is 9.21. The zero-order valence-electron chi connectivity index (χ0n) is 11.9. The highest BCUT2D eigenvalue weighted by Crippen LogP contribution is 2.52. The average Bonchev–Trinajstić information content (AvgIpc) is 3.24. The molecule has 0 radical (unpaired) electrons. The maximum Gasteiger partial charge on any atom is 0.130 e. The second-order valence-electron chi connectivity index (χ2n) is 5.59. The number of nitriles is 1. The van der Waals surface area contributed by atoms with E-state index in [9.17, 15) is 5.26 Å². The number of piperidine rings is 1. The Morgan fingerprint density at radius 2 is 2.05 bits per heavy atom. The van der Waals surface area contributed by atoms with Gasteiger partial charge in [0.05, 0.1) is 16.8 Å². The maximum atomic E-state index is 9.21. The van der Waals surface area contributed by atoms with Crippen molar-refractivity contribution < 1.29 is 4.74 Å². The fourth-order valence-corrected chi connectivity index (χ4v) is 4.15. The molecule has 0 unspecified atom stereocenters. The molecule has 1 saturated carbocycles. The van der Waals surface area contributed by atoms with E-state index in [0.717, 1.165) is 38.2 Å². The fraction of sp³-hybridized carbons (Fsp3) is 0.667. The Hall–Kier alpha value is -1.25. The van der Waals surface area contributed by atoms with E-state index in [4.69, 9.17) is 10.5 Å². The molecule has 2 heterocycles. The third-order valence-electron chi connectivity index (χ3n) is 4.18. The molecule has 0 bridgehead atoms. The molecule has 1 aromatic rings. The van der Waals surface area contributed by atoms with Crippen LogP contribution < -0.4 is 10.6 Å². The van der Waals surface area contributed by atoms with Crippen molar-refractivity contribution in [2.75, 3.05) is 30.3 Å². The quantitative estimate of drug-likeness (QED) is 0.926. The molecule has 2 N–H and O–H groups in total. The Balaban J connectivity index is 1.79. The van der Waals surface area contributed by atoms with Gasteiger partial charge in [0, 0.05) is 25.3 Å². The molecule has 108 valence electrons. The molecule has 0 aromatic carbocycles. The lowest BCUT2D eigenvalue weighted by molar-refractivity contribution is 0.0460. The highest BCUT2D eigenvalue weighted by Gasteiger charge is 2.34. The molecule has 1 aliphatic carbocycles. The van der Waals surface area contributed by atoms with Gasteiger partial charge in [0.1, 0.15) is 10.9 Å². The van der Waals surface area contributed by atoms with Gasteiger partial charge in [-0.1, -0.05) is 0 Å². The van der Waals surface area contributed by atoms with Crippen LogP contribution in [0.5, 0.6) is 0 Å². The van der Waals surface area contributed by atoms with Gasteiger partial charge in [-0.25, -0.2) is 0 Å². The molecule has 20 heavy (non-hydrogen) atoms. The van der Waals surface area contributed by atoms with E-state index in [0.29, 0.717) is 16.9 Å². The highest BCUT2D eigenvalue weighted by molar-refractivity contribution is 7.17. The standard InChI is InChI=1S/C15H21N3OS/c1-2-19-11-5-7-18(8-6-11)15-13(10-3-4-10)14(17)12(9-16)20-15/h10-11H,2-8,17H2,1H3. The largest absolute Gasteiger partial charge is 0.397 e. The van der Waals surface area contributed by atoms with E-state index < -0.39 is 0 Å². The fourth-order valence-electron chi connectivity index (χ4n) is 2.99. The predicted octanol–water partition coefficient (Wildman–Crippen LogP) is 3.08. The summed E-state index contributed by atoms with van der Waals surface area (Å²) in [6.45, 7) is 4.86. The number of thiophene rings is 1. The number of anilines is 2. The van der Waals surface area contributed by atoms with Gasteiger partial charge >= 0.3 is 0 Å². The van der Waals surface area contributed by atoms with Gasteiger partial charge in [-0.05, 0) is 38.5 Å². The highest BCUT2D eigenvalue weighted by atomic mass is 32.1. The van der Waals surface area contributed by atoms with Crippen molar-refractivity contribution in [1.82, 2.24) is 0 Å². The summed E-state index contributed by atoms with van der Waals surface area (Å²) in [6.07, 6.45) is 4.96. The Morgan fingerprint density at radius 3 is 2.60 bits per heavy atom. The number of hydrogen-bond acceptors (Lipinski definition) is 5. The van der Waals surface area contributed by atoms with E-state index in [-0.39, 0.29) is 0 Å². The van der Waals surface area contributed by atoms with Gasteiger partial charge < -0.3 is 15.4 Å². The minimum absolute atomic E-state index is 0.397. The van der Waals surface area contributed by atoms with Crippen molar-refractivity contribution in [3.8, 4) is 6.07 Å². The van der Waals surface area contributed by atoms with Crippen LogP contribution in [0.1, 0.15) is 49.0 Å². The molecule has 0 atom stereocenters. The molecular weight excluding hydrogens is 270 g/mol. The van der Waals surface area contributed by atoms with Crippen LogP contribution in [0.15, 0.2) is 0 Å². The Kier molecular flexibility index (Phi) is 3.86. The molecule has 4 nitrogen and oxygen atoms in total. The van der Waals surface area contributed by atoms with Gasteiger partial charge in [-0.15, -0.1) is 11.3 Å². The summed E-state index contributed by atoms with van der Waals surface area (Å²) in [6, 6.07) is 2.25. The molecular formula is C15H21N3OS. The van der Waals surface area contributed by atoms with Gasteiger partial charge in [0.25, 0.3) is 0 Å². The first-order valence-corrected chi connectivity index (χ1v) is 8.25. The van der Waals surface area contributed by atoms with Crippen molar-refractivity contribution in [3.63, 3.8) is 0 Å². The Morgan fingerprint density at radius 1 is 1.35 bits per heavy atom. The zero-order valence-corrected chi connectivity index (χ0v) is 12.7. The lowest BCUT2D eigenvalue weighted by atomic mass is 10.1. The number of nitrogen functional groups attached to an aromatic ring is 1. The minimum Gasteiger partial charge on any atom is -0.397 e. The van der Waals surface area contributed by atoms with E-state index in [1.165, 1.54) is 23.4 Å². The normalized spacial score (nSPS) is 20.1. The lowest BCUT2D eigenvalue weighted by Gasteiger charge is -2.33. The molecule has 1 saturated heterocycles. The smallest absolute Gasteiger partial charge is 0.130 e. The summed E-state index contributed by atoms with van der Waals surface area (Å²) in [4.78, 5) is 3.10. The molecule has 2 fully saturated rings. The summed E-state index contributed by atoms with van der Waals surface area (Å²) >= 11 is 1.57. The number of hydrogen-bond donors (Lipinski definition) is 1. The second-order valence-corrected chi connectivity index (χ2v) is 6.59. The second kappa shape index (κ2) is 5.63. The molecule has 0 spiro atoms. The number of nitrogens with zero attached hydrogens (tertiary/aromatic N) is 2. The minimum atomic E-state index is 0.397. The van der Waals surface area contributed by atoms with Gasteiger partial charge in [0.2, 0.25) is 0 Å². The molecule has 1 aromatic heterocycles. The summed E-state index contributed by atoms with van der Waals surface area (Å²) in [5, 5.41) is 10.5. The van der Waals surface area contributed by atoms with Crippen LogP contribution in [0.25, 0.3) is 0 Å². The number of ether oxygens (including phenoxy) is 1. The van der Waals surface area contributed by atoms with Crippen LogP contribution in [0, 0.1) is 11.3 Å². The summed E-state index contributed by atoms with van der Waals surface area (Å²) < 4.78 is 5.71. The molecule has 0 amide bonds. The van der Waals surface area contributed by atoms with Crippen molar-refractivity contribution in [2.45, 2.75) is 44.6 Å². The topological polar surface area (TPSA) is 62.3 Å². The van der Waals surface area contributed by atoms with Crippen LogP contribution in [0.2, 0.25) is 0 Å². The van der Waals surface area contributed by atoms with E-state index in [1.807, 2.05) is 0 Å². The molecule has 2 aliphatic rings. The SMILES string of the molecule is CCOC1CCN(c2sc(C#N)c(N)c2C2CC2)CC1. The Bertz CT molecular complexity index is 522. The lowest BCUT2D eigenvalue weighted by Crippen LogP contribution is -2.37. The van der Waals surface area contributed by atoms with Crippen LogP contribution >= 0.6 is 11.3 Å². The first-order valence-electron chi connectivity index (χ1n) is 7.43. The van der Waals surface area contributed by atoms with Gasteiger partial charge in [-0.2, -0.15) is 5.26 Å². The zero-order chi connectivity index (χ0) is 14.1. The van der Waals surface area contributed by atoms with Gasteiger partial charge in [-0.3, -0.25) is 0 Å². The third kappa shape index (κ3) is 2.50. The van der Waals surface area contributed by atoms with Crippen molar-refractivity contribution in [1.29, 1.82) is 5.26 Å². The monoisotopic (exact) mass is 291 g/mol. The molecule has 1 aliphatic heterocycles. The van der Waals surface area contributed by atoms with E-state index in [2.05, 4.69) is 17.9 Å². The average molecular weight is 291 g/mol. The summed E-state index contributed by atoms with van der Waals surface area (Å²) in [7, 11) is 0. The number of nitrogens with two attached hydrogens (primary N) is 1. The van der Waals surface area contributed by atoms with E-state index >= 15 is 0 Å². The van der Waals surface area contributed by atoms with E-state index in [1.54, 1.807) is 11.3 Å². The van der Waals surface area contributed by atoms with Crippen molar-refractivity contribution in [3.05, 3.63) is 10.4 Å². The first kappa shape index (κ1) is 13.7. The summed E-state index contributed by atoms with van der Waals surface area (Å²) in [5.74, 6) is 0.591. The van der Waals surface area contributed by atoms with Crippen LogP contribution in [-0.4, -0.2) is 25.8 Å². The molecule has 3 rings (SSSR count). The van der Waals surface area contributed by atoms with Crippen molar-refractivity contribution in [2.24, 2.45) is 0 Å². The van der Waals surface area contributed by atoms with Crippen LogP contribution in [0.3, 0.4) is 0 Å². The molecule has 5 heteroatoms. The number of rotatable bonds is 4. The predicted molar refractivity (Wildman–Crippen MR) is 82.3 cm³/mol. The third-order valence-corrected chi connectivity index (χ3v) is 5.37. The summed E-state index contributed by atoms with van der Waals surface area (Å²) in [5.41, 5.74) is 8.16. The van der Waals surface area contributed by atoms with Crippen LogP contribution in [0.4, 0.5) is 10.7 Å². The van der Waals surface area contributed by atoms with Crippen molar-refractivity contribution >= 4 is 22.0 Å². The Labute approximate surface area is 124 Å². The van der Waals surface area contributed by atoms with Gasteiger partial charge in [0.15, 0.2) is 0 Å². The van der Waals surface area contributed by atoms with Crippen LogP contribution in [-0.2, 0) is 4.74 Å². The first-order chi connectivity index (χ1) is 9.74.